The van der Waals surface area contributed by atoms with Crippen molar-refractivity contribution in [2.24, 2.45) is 5.92 Å². The summed E-state index contributed by atoms with van der Waals surface area (Å²) < 4.78 is 0. The van der Waals surface area contributed by atoms with Gasteiger partial charge in [0, 0.05) is 13.1 Å². The molecule has 1 N–H and O–H groups in total. The lowest BCUT2D eigenvalue weighted by atomic mass is 9.85. The summed E-state index contributed by atoms with van der Waals surface area (Å²) in [6, 6.07) is 0.577. The molecule has 88 valence electrons. The monoisotopic (exact) mass is 220 g/mol. The zero-order valence-electron chi connectivity index (χ0n) is 9.91. The van der Waals surface area contributed by atoms with E-state index < -0.39 is 0 Å². The van der Waals surface area contributed by atoms with Crippen molar-refractivity contribution >= 4 is 5.91 Å². The molecule has 3 unspecified atom stereocenters. The standard InChI is InChI=1S/C13H20N2O/c1-3-8-15(2)13(16)12-9-10-6-4-5-7-11(10)14-12/h1,10-12,14H,4-9H2,2H3. The number of likely N-dealkylation sites (N-methyl/N-ethyl adjacent to an activating group) is 1. The molecule has 1 saturated carbocycles. The number of rotatable bonds is 2. The number of nitrogens with zero attached hydrogens (tertiary/aromatic N) is 1. The highest BCUT2D eigenvalue weighted by molar-refractivity contribution is 5.82. The fraction of sp³-hybridized carbons (Fsp3) is 0.769. The summed E-state index contributed by atoms with van der Waals surface area (Å²) in [5.41, 5.74) is 0. The third-order valence-corrected chi connectivity index (χ3v) is 3.87. The van der Waals surface area contributed by atoms with Crippen LogP contribution in [0.25, 0.3) is 0 Å². The minimum Gasteiger partial charge on any atom is -0.333 e. The van der Waals surface area contributed by atoms with E-state index in [2.05, 4.69) is 11.2 Å². The van der Waals surface area contributed by atoms with E-state index in [1.165, 1.54) is 25.7 Å². The first-order valence-corrected chi connectivity index (χ1v) is 6.17. The smallest absolute Gasteiger partial charge is 0.240 e. The largest absolute Gasteiger partial charge is 0.333 e. The number of hydrogen-bond donors (Lipinski definition) is 1. The first kappa shape index (κ1) is 11.5. The van der Waals surface area contributed by atoms with E-state index in [0.717, 1.165) is 6.42 Å². The van der Waals surface area contributed by atoms with Crippen molar-refractivity contribution in [2.45, 2.75) is 44.2 Å². The maximum atomic E-state index is 12.0. The van der Waals surface area contributed by atoms with Crippen LogP contribution in [-0.2, 0) is 4.79 Å². The Bertz CT molecular complexity index is 294. The Morgan fingerprint density at radius 2 is 2.25 bits per heavy atom. The lowest BCUT2D eigenvalue weighted by molar-refractivity contribution is -0.131. The second kappa shape index (κ2) is 4.88. The van der Waals surface area contributed by atoms with Gasteiger partial charge in [0.1, 0.15) is 0 Å². The van der Waals surface area contributed by atoms with E-state index in [9.17, 15) is 4.79 Å². The van der Waals surface area contributed by atoms with Crippen LogP contribution < -0.4 is 5.32 Å². The maximum absolute atomic E-state index is 12.0. The maximum Gasteiger partial charge on any atom is 0.240 e. The summed E-state index contributed by atoms with van der Waals surface area (Å²) in [7, 11) is 1.78. The molecular weight excluding hydrogens is 200 g/mol. The highest BCUT2D eigenvalue weighted by Gasteiger charge is 2.38. The molecule has 0 radical (unpaired) electrons. The fourth-order valence-electron chi connectivity index (χ4n) is 2.99. The van der Waals surface area contributed by atoms with Gasteiger partial charge in [-0.2, -0.15) is 0 Å². The molecule has 0 aromatic carbocycles. The van der Waals surface area contributed by atoms with Gasteiger partial charge in [0.05, 0.1) is 12.6 Å². The molecule has 1 aliphatic heterocycles. The molecule has 0 aromatic rings. The molecular formula is C13H20N2O. The van der Waals surface area contributed by atoms with Gasteiger partial charge in [0.15, 0.2) is 0 Å². The molecule has 0 aromatic heterocycles. The van der Waals surface area contributed by atoms with Gasteiger partial charge < -0.3 is 10.2 Å². The van der Waals surface area contributed by atoms with E-state index in [0.29, 0.717) is 18.5 Å². The summed E-state index contributed by atoms with van der Waals surface area (Å²) in [5.74, 6) is 3.38. The van der Waals surface area contributed by atoms with Crippen molar-refractivity contribution in [3.8, 4) is 12.3 Å². The number of carbonyl (C=O) groups is 1. The molecule has 2 fully saturated rings. The summed E-state index contributed by atoms with van der Waals surface area (Å²) in [5, 5.41) is 3.47. The van der Waals surface area contributed by atoms with E-state index in [-0.39, 0.29) is 11.9 Å². The first-order valence-electron chi connectivity index (χ1n) is 6.17. The number of nitrogens with one attached hydrogen (secondary N) is 1. The first-order chi connectivity index (χ1) is 7.72. The summed E-state index contributed by atoms with van der Waals surface area (Å²) in [6.45, 7) is 0.409. The molecule has 3 atom stereocenters. The molecule has 16 heavy (non-hydrogen) atoms. The van der Waals surface area contributed by atoms with E-state index in [1.807, 2.05) is 0 Å². The number of fused-ring (bicyclic) bond motifs is 1. The van der Waals surface area contributed by atoms with Crippen molar-refractivity contribution in [3.05, 3.63) is 0 Å². The lowest BCUT2D eigenvalue weighted by Gasteiger charge is -2.24. The predicted octanol–water partition coefficient (Wildman–Crippen LogP) is 0.999. The average molecular weight is 220 g/mol. The van der Waals surface area contributed by atoms with Crippen molar-refractivity contribution in [3.63, 3.8) is 0 Å². The Kier molecular flexibility index (Phi) is 3.50. The predicted molar refractivity (Wildman–Crippen MR) is 63.8 cm³/mol. The zero-order valence-corrected chi connectivity index (χ0v) is 9.91. The van der Waals surface area contributed by atoms with Gasteiger partial charge in [0.25, 0.3) is 0 Å². The molecule has 3 nitrogen and oxygen atoms in total. The van der Waals surface area contributed by atoms with Crippen LogP contribution in [0.2, 0.25) is 0 Å². The Balaban J connectivity index is 1.92. The van der Waals surface area contributed by atoms with Gasteiger partial charge in [-0.25, -0.2) is 0 Å². The lowest BCUT2D eigenvalue weighted by Crippen LogP contribution is -2.44. The van der Waals surface area contributed by atoms with Gasteiger partial charge in [-0.3, -0.25) is 4.79 Å². The molecule has 2 rings (SSSR count). The summed E-state index contributed by atoms with van der Waals surface area (Å²) in [4.78, 5) is 13.7. The number of terminal acetylenes is 1. The topological polar surface area (TPSA) is 32.3 Å². The number of carbonyl (C=O) groups excluding carboxylic acids is 1. The van der Waals surface area contributed by atoms with Gasteiger partial charge in [-0.1, -0.05) is 18.8 Å². The molecule has 1 heterocycles. The Morgan fingerprint density at radius 1 is 1.50 bits per heavy atom. The van der Waals surface area contributed by atoms with Gasteiger partial charge in [-0.15, -0.1) is 6.42 Å². The minimum atomic E-state index is 0.00597. The second-order valence-electron chi connectivity index (χ2n) is 5.00. The third kappa shape index (κ3) is 2.22. The van der Waals surface area contributed by atoms with Crippen LogP contribution in [0, 0.1) is 18.3 Å². The Hall–Kier alpha value is -1.01. The second-order valence-corrected chi connectivity index (χ2v) is 5.00. The zero-order chi connectivity index (χ0) is 11.5. The van der Waals surface area contributed by atoms with Crippen molar-refractivity contribution in [1.82, 2.24) is 10.2 Å². The van der Waals surface area contributed by atoms with Crippen molar-refractivity contribution < 1.29 is 4.79 Å². The quantitative estimate of drug-likeness (QED) is 0.704. The molecule has 3 heteroatoms. The van der Waals surface area contributed by atoms with E-state index >= 15 is 0 Å². The van der Waals surface area contributed by atoms with Crippen LogP contribution in [0.1, 0.15) is 32.1 Å². The molecule has 0 spiro atoms. The molecule has 0 bridgehead atoms. The third-order valence-electron chi connectivity index (χ3n) is 3.87. The van der Waals surface area contributed by atoms with Gasteiger partial charge in [0.2, 0.25) is 5.91 Å². The summed E-state index contributed by atoms with van der Waals surface area (Å²) >= 11 is 0. The van der Waals surface area contributed by atoms with Gasteiger partial charge in [-0.05, 0) is 25.2 Å². The van der Waals surface area contributed by atoms with Crippen LogP contribution in [-0.4, -0.2) is 36.5 Å². The molecule has 1 saturated heterocycles. The van der Waals surface area contributed by atoms with E-state index in [1.54, 1.807) is 11.9 Å². The molecule has 1 aliphatic carbocycles. The fourth-order valence-corrected chi connectivity index (χ4v) is 2.99. The average Bonchev–Trinajstić information content (AvgIpc) is 2.71. The highest BCUT2D eigenvalue weighted by Crippen LogP contribution is 2.33. The molecule has 1 amide bonds. The van der Waals surface area contributed by atoms with Crippen LogP contribution in [0.15, 0.2) is 0 Å². The minimum absolute atomic E-state index is 0.00597. The SMILES string of the molecule is C#CCN(C)C(=O)C1CC2CCCCC2N1. The van der Waals surface area contributed by atoms with Crippen molar-refractivity contribution in [2.75, 3.05) is 13.6 Å². The normalized spacial score (nSPS) is 32.9. The van der Waals surface area contributed by atoms with Crippen LogP contribution in [0.3, 0.4) is 0 Å². The van der Waals surface area contributed by atoms with Crippen LogP contribution in [0.5, 0.6) is 0 Å². The van der Waals surface area contributed by atoms with Gasteiger partial charge >= 0.3 is 0 Å². The number of amides is 1. The van der Waals surface area contributed by atoms with Crippen LogP contribution >= 0.6 is 0 Å². The Morgan fingerprint density at radius 3 is 2.94 bits per heavy atom. The van der Waals surface area contributed by atoms with Crippen molar-refractivity contribution in [1.29, 1.82) is 0 Å². The molecule has 2 aliphatic rings. The van der Waals surface area contributed by atoms with Crippen LogP contribution in [0.4, 0.5) is 0 Å². The Labute approximate surface area is 97.6 Å². The van der Waals surface area contributed by atoms with E-state index in [4.69, 9.17) is 6.42 Å². The highest BCUT2D eigenvalue weighted by atomic mass is 16.2. The summed E-state index contributed by atoms with van der Waals surface area (Å²) in [6.07, 6.45) is 11.3. The number of hydrogen-bond acceptors (Lipinski definition) is 2.